The molecule has 0 fully saturated rings. The zero-order valence-corrected chi connectivity index (χ0v) is 8.79. The number of carboxylic acid groups (broad SMARTS) is 1. The quantitative estimate of drug-likeness (QED) is 0.253. The maximum atomic E-state index is 11.6. The average Bonchev–Trinajstić information content (AvgIpc) is 2.29. The Hall–Kier alpha value is -2.56. The van der Waals surface area contributed by atoms with Crippen molar-refractivity contribution in [3.63, 3.8) is 0 Å². The maximum Gasteiger partial charge on any atom is 0.376 e. The van der Waals surface area contributed by atoms with Gasteiger partial charge in [-0.05, 0) is 17.7 Å². The second kappa shape index (κ2) is 5.50. The number of benzene rings is 1. The van der Waals surface area contributed by atoms with Crippen molar-refractivity contribution in [1.29, 1.82) is 0 Å². The Kier molecular flexibility index (Phi) is 4.05. The Bertz CT molecular complexity index is 503. The fourth-order valence-electron chi connectivity index (χ4n) is 1.11. The molecule has 0 spiro atoms. The monoisotopic (exact) mass is 232 g/mol. The second-order valence-electron chi connectivity index (χ2n) is 3.15. The summed E-state index contributed by atoms with van der Waals surface area (Å²) in [4.78, 5) is 20.9. The third kappa shape index (κ3) is 3.49. The summed E-state index contributed by atoms with van der Waals surface area (Å²) in [6.07, 6.45) is 2.98. The lowest BCUT2D eigenvalue weighted by molar-refractivity contribution is -0.243. The van der Waals surface area contributed by atoms with E-state index < -0.39 is 17.5 Å². The minimum absolute atomic E-state index is 0.305. The van der Waals surface area contributed by atoms with Crippen LogP contribution in [0.3, 0.4) is 0 Å². The van der Waals surface area contributed by atoms with Crippen LogP contribution in [-0.4, -0.2) is 16.9 Å². The maximum absolute atomic E-state index is 11.6. The Morgan fingerprint density at radius 3 is 2.53 bits per heavy atom. The molecule has 0 saturated heterocycles. The van der Waals surface area contributed by atoms with E-state index in [0.29, 0.717) is 11.3 Å². The summed E-state index contributed by atoms with van der Waals surface area (Å²) in [5, 5.41) is 19.9. The van der Waals surface area contributed by atoms with Gasteiger partial charge in [-0.15, -0.1) is 0 Å². The summed E-state index contributed by atoms with van der Waals surface area (Å²) >= 11 is 0. The molecule has 0 saturated carbocycles. The first-order valence-electron chi connectivity index (χ1n) is 4.70. The van der Waals surface area contributed by atoms with E-state index in [1.54, 1.807) is 24.3 Å². The number of rotatable bonds is 4. The molecule has 17 heavy (non-hydrogen) atoms. The molecule has 0 aliphatic carbocycles. The average molecular weight is 232 g/mol. The van der Waals surface area contributed by atoms with E-state index in [1.807, 2.05) is 0 Å². The Morgan fingerprint density at radius 1 is 1.29 bits per heavy atom. The molecule has 0 aromatic heterocycles. The van der Waals surface area contributed by atoms with Crippen LogP contribution in [0.15, 0.2) is 42.5 Å². The third-order valence-corrected chi connectivity index (χ3v) is 1.93. The predicted octanol–water partition coefficient (Wildman–Crippen LogP) is 0.180. The van der Waals surface area contributed by atoms with Crippen LogP contribution < -0.4 is 10.8 Å². The number of para-hydroxylation sites is 1. The van der Waals surface area contributed by atoms with Crippen molar-refractivity contribution < 1.29 is 19.8 Å². The lowest BCUT2D eigenvalue weighted by Gasteiger charge is -2.13. The first-order valence-corrected chi connectivity index (χ1v) is 4.70. The minimum Gasteiger partial charge on any atom is -0.872 e. The first kappa shape index (κ1) is 12.5. The fourth-order valence-corrected chi connectivity index (χ4v) is 1.11. The second-order valence-corrected chi connectivity index (χ2v) is 3.15. The SMILES string of the molecule is Nc1ccccc1C([O-])=CC=CC(=O)C(=O)O. The van der Waals surface area contributed by atoms with E-state index in [1.165, 1.54) is 0 Å². The molecule has 1 aromatic carbocycles. The summed E-state index contributed by atoms with van der Waals surface area (Å²) in [6, 6.07) is 6.47. The highest BCUT2D eigenvalue weighted by Gasteiger charge is 2.04. The minimum atomic E-state index is -1.57. The summed E-state index contributed by atoms with van der Waals surface area (Å²) in [6.45, 7) is 0. The predicted molar refractivity (Wildman–Crippen MR) is 60.6 cm³/mol. The molecule has 1 rings (SSSR count). The number of aliphatic carboxylic acids is 1. The van der Waals surface area contributed by atoms with Crippen molar-refractivity contribution >= 4 is 23.2 Å². The van der Waals surface area contributed by atoms with Crippen LogP contribution in [0.2, 0.25) is 0 Å². The highest BCUT2D eigenvalue weighted by atomic mass is 16.4. The van der Waals surface area contributed by atoms with Gasteiger partial charge in [0.15, 0.2) is 0 Å². The Balaban J connectivity index is 2.84. The summed E-state index contributed by atoms with van der Waals surface area (Å²) < 4.78 is 0. The van der Waals surface area contributed by atoms with Crippen LogP contribution in [0.1, 0.15) is 5.56 Å². The number of carboxylic acids is 1. The molecular formula is C12H10NO4-. The van der Waals surface area contributed by atoms with Gasteiger partial charge in [-0.1, -0.05) is 36.1 Å². The molecule has 0 radical (unpaired) electrons. The lowest BCUT2D eigenvalue weighted by Crippen LogP contribution is -2.08. The van der Waals surface area contributed by atoms with Gasteiger partial charge in [0, 0.05) is 5.69 Å². The molecule has 0 atom stereocenters. The van der Waals surface area contributed by atoms with E-state index >= 15 is 0 Å². The van der Waals surface area contributed by atoms with E-state index in [-0.39, 0.29) is 0 Å². The number of nitrogens with two attached hydrogens (primary N) is 1. The van der Waals surface area contributed by atoms with Gasteiger partial charge < -0.3 is 15.9 Å². The number of ketones is 1. The summed E-state index contributed by atoms with van der Waals surface area (Å²) in [5.74, 6) is -3.05. The molecule has 0 unspecified atom stereocenters. The number of anilines is 1. The van der Waals surface area contributed by atoms with Gasteiger partial charge >= 0.3 is 5.97 Å². The van der Waals surface area contributed by atoms with Crippen molar-refractivity contribution in [2.24, 2.45) is 0 Å². The number of hydrogen-bond donors (Lipinski definition) is 2. The van der Waals surface area contributed by atoms with Crippen LogP contribution in [0, 0.1) is 0 Å². The number of hydrogen-bond acceptors (Lipinski definition) is 4. The summed E-state index contributed by atoms with van der Waals surface area (Å²) in [7, 11) is 0. The van der Waals surface area contributed by atoms with E-state index in [9.17, 15) is 14.7 Å². The molecule has 0 heterocycles. The van der Waals surface area contributed by atoms with Crippen molar-refractivity contribution in [3.05, 3.63) is 48.1 Å². The molecule has 0 amide bonds. The normalized spacial score (nSPS) is 11.6. The van der Waals surface area contributed by atoms with Crippen molar-refractivity contribution in [1.82, 2.24) is 0 Å². The van der Waals surface area contributed by atoms with E-state index in [2.05, 4.69) is 0 Å². The zero-order chi connectivity index (χ0) is 12.8. The van der Waals surface area contributed by atoms with Crippen molar-refractivity contribution in [2.75, 3.05) is 5.73 Å². The van der Waals surface area contributed by atoms with Gasteiger partial charge in [0.25, 0.3) is 5.78 Å². The highest BCUT2D eigenvalue weighted by Crippen LogP contribution is 2.16. The molecule has 0 aliphatic rings. The molecule has 88 valence electrons. The van der Waals surface area contributed by atoms with E-state index in [0.717, 1.165) is 18.2 Å². The number of nitrogen functional groups attached to an aromatic ring is 1. The van der Waals surface area contributed by atoms with Gasteiger partial charge in [-0.2, -0.15) is 0 Å². The van der Waals surface area contributed by atoms with Gasteiger partial charge in [-0.3, -0.25) is 4.79 Å². The molecular weight excluding hydrogens is 222 g/mol. The van der Waals surface area contributed by atoms with Crippen LogP contribution in [-0.2, 0) is 9.59 Å². The van der Waals surface area contributed by atoms with Gasteiger partial charge in [-0.25, -0.2) is 4.79 Å². The van der Waals surface area contributed by atoms with Crippen LogP contribution in [0.5, 0.6) is 0 Å². The van der Waals surface area contributed by atoms with Gasteiger partial charge in [0.2, 0.25) is 0 Å². The molecule has 0 bridgehead atoms. The lowest BCUT2D eigenvalue weighted by atomic mass is 10.1. The van der Waals surface area contributed by atoms with Crippen molar-refractivity contribution in [3.8, 4) is 0 Å². The number of carbonyl (C=O) groups excluding carboxylic acids is 1. The molecule has 5 nitrogen and oxygen atoms in total. The number of allylic oxidation sites excluding steroid dienone is 2. The Morgan fingerprint density at radius 2 is 1.94 bits per heavy atom. The largest absolute Gasteiger partial charge is 0.872 e. The third-order valence-electron chi connectivity index (χ3n) is 1.93. The van der Waals surface area contributed by atoms with Crippen LogP contribution in [0.25, 0.3) is 5.76 Å². The van der Waals surface area contributed by atoms with E-state index in [4.69, 9.17) is 10.8 Å². The van der Waals surface area contributed by atoms with Gasteiger partial charge in [0.05, 0.1) is 0 Å². The smallest absolute Gasteiger partial charge is 0.376 e. The molecule has 0 aliphatic heterocycles. The summed E-state index contributed by atoms with van der Waals surface area (Å²) in [5.41, 5.74) is 6.21. The fraction of sp³-hybridized carbons (Fsp3) is 0. The zero-order valence-electron chi connectivity index (χ0n) is 8.79. The number of carbonyl (C=O) groups is 2. The topological polar surface area (TPSA) is 103 Å². The van der Waals surface area contributed by atoms with Crippen LogP contribution in [0.4, 0.5) is 5.69 Å². The molecule has 1 aromatic rings. The highest BCUT2D eigenvalue weighted by molar-refractivity contribution is 6.37. The molecule has 3 N–H and O–H groups in total. The standard InChI is InChI=1S/C12H11NO4/c13-9-5-2-1-4-8(9)10(14)6-3-7-11(15)12(16)17/h1-7,14H,13H2,(H,16,17)/p-1. The molecule has 5 heteroatoms. The van der Waals surface area contributed by atoms with Crippen LogP contribution >= 0.6 is 0 Å². The first-order chi connectivity index (χ1) is 8.02. The van der Waals surface area contributed by atoms with Gasteiger partial charge in [0.1, 0.15) is 0 Å². The van der Waals surface area contributed by atoms with Crippen molar-refractivity contribution in [2.45, 2.75) is 0 Å². The Labute approximate surface area is 97.5 Å².